The fourth-order valence-corrected chi connectivity index (χ4v) is 4.79. The quantitative estimate of drug-likeness (QED) is 0.522. The summed E-state index contributed by atoms with van der Waals surface area (Å²) in [4.78, 5) is 15.5. The molecule has 0 saturated carbocycles. The number of hydrogen-bond donors (Lipinski definition) is 1. The molecule has 2 aromatic heterocycles. The first-order chi connectivity index (χ1) is 17.0. The van der Waals surface area contributed by atoms with Crippen LogP contribution < -0.4 is 4.74 Å². The molecule has 0 aliphatic carbocycles. The van der Waals surface area contributed by atoms with Gasteiger partial charge in [0.05, 0.1) is 18.8 Å². The summed E-state index contributed by atoms with van der Waals surface area (Å²) in [7, 11) is 0. The van der Waals surface area contributed by atoms with Crippen LogP contribution in [0.15, 0.2) is 49.3 Å². The van der Waals surface area contributed by atoms with E-state index in [2.05, 4.69) is 38.3 Å². The minimum absolute atomic E-state index is 0.134. The molecule has 3 aromatic rings. The molecule has 2 aliphatic rings. The molecule has 1 aromatic carbocycles. The van der Waals surface area contributed by atoms with Crippen LogP contribution in [0, 0.1) is 0 Å². The maximum atomic E-state index is 9.00. The molecule has 0 bridgehead atoms. The highest BCUT2D eigenvalue weighted by molar-refractivity contribution is 5.62. The average Bonchev–Trinajstić information content (AvgIpc) is 3.55. The van der Waals surface area contributed by atoms with Crippen molar-refractivity contribution >= 4 is 5.97 Å². The van der Waals surface area contributed by atoms with Crippen molar-refractivity contribution < 1.29 is 19.4 Å². The van der Waals surface area contributed by atoms with Crippen LogP contribution >= 0.6 is 0 Å². The minimum atomic E-state index is -0.833. The van der Waals surface area contributed by atoms with Crippen LogP contribution in [0.25, 0.3) is 0 Å². The van der Waals surface area contributed by atoms with Crippen LogP contribution in [0.3, 0.4) is 0 Å². The highest BCUT2D eigenvalue weighted by atomic mass is 16.5. The number of carboxylic acid groups (broad SMARTS) is 1. The van der Waals surface area contributed by atoms with E-state index in [1.807, 2.05) is 23.1 Å². The molecule has 35 heavy (non-hydrogen) atoms. The van der Waals surface area contributed by atoms with E-state index in [1.54, 1.807) is 17.3 Å². The van der Waals surface area contributed by atoms with Crippen molar-refractivity contribution in [3.8, 4) is 5.75 Å². The van der Waals surface area contributed by atoms with Gasteiger partial charge in [-0.25, -0.2) is 9.67 Å². The predicted octanol–water partition coefficient (Wildman–Crippen LogP) is 2.60. The van der Waals surface area contributed by atoms with Crippen molar-refractivity contribution in [2.45, 2.75) is 51.3 Å². The Kier molecular flexibility index (Phi) is 8.49. The first kappa shape index (κ1) is 24.9. The van der Waals surface area contributed by atoms with Crippen LogP contribution in [0.4, 0.5) is 0 Å². The summed E-state index contributed by atoms with van der Waals surface area (Å²) in [6.45, 7) is 7.39. The zero-order valence-corrected chi connectivity index (χ0v) is 20.3. The Morgan fingerprint density at radius 3 is 2.71 bits per heavy atom. The molecule has 1 saturated heterocycles. The second-order valence-electron chi connectivity index (χ2n) is 8.90. The average molecular weight is 483 g/mol. The first-order valence-electron chi connectivity index (χ1n) is 12.2. The maximum Gasteiger partial charge on any atom is 0.300 e. The topological polar surface area (TPSA) is 108 Å². The Morgan fingerprint density at radius 2 is 2.00 bits per heavy atom. The molecule has 4 heterocycles. The van der Waals surface area contributed by atoms with Crippen LogP contribution in [-0.2, 0) is 34.6 Å². The number of likely N-dealkylation sites (tertiary alicyclic amines) is 1. The highest BCUT2D eigenvalue weighted by Crippen LogP contribution is 2.42. The number of aliphatic carboxylic acids is 1. The molecule has 0 amide bonds. The Morgan fingerprint density at radius 1 is 1.17 bits per heavy atom. The molecule has 1 N–H and O–H groups in total. The lowest BCUT2D eigenvalue weighted by molar-refractivity contribution is -0.134. The van der Waals surface area contributed by atoms with E-state index in [4.69, 9.17) is 19.4 Å². The van der Waals surface area contributed by atoms with Crippen LogP contribution in [-0.4, -0.2) is 73.4 Å². The van der Waals surface area contributed by atoms with E-state index in [-0.39, 0.29) is 5.60 Å². The maximum absolute atomic E-state index is 9.00. The van der Waals surface area contributed by atoms with Gasteiger partial charge in [0, 0.05) is 39.0 Å². The second kappa shape index (κ2) is 11.9. The molecule has 5 rings (SSSR count). The monoisotopic (exact) mass is 482 g/mol. The Balaban J connectivity index is 0.000000672. The Bertz CT molecular complexity index is 1040. The molecule has 10 heteroatoms. The summed E-state index contributed by atoms with van der Waals surface area (Å²) in [5, 5.41) is 15.8. The summed E-state index contributed by atoms with van der Waals surface area (Å²) in [5.74, 6) is 0.0898. The molecule has 0 radical (unpaired) electrons. The molecule has 0 atom stereocenters. The third-order valence-electron chi connectivity index (χ3n) is 6.46. The van der Waals surface area contributed by atoms with E-state index < -0.39 is 5.97 Å². The number of fused-ring (bicyclic) bond motifs is 2. The number of rotatable bonds is 8. The zero-order valence-electron chi connectivity index (χ0n) is 20.3. The number of aryl methyl sites for hydroxylation is 1. The van der Waals surface area contributed by atoms with E-state index in [0.717, 1.165) is 71.1 Å². The lowest BCUT2D eigenvalue weighted by Gasteiger charge is -2.45. The summed E-state index contributed by atoms with van der Waals surface area (Å²) in [6.07, 6.45) is 11.3. The zero-order chi connectivity index (χ0) is 24.5. The van der Waals surface area contributed by atoms with Crippen molar-refractivity contribution in [2.24, 2.45) is 0 Å². The molecule has 1 spiro atoms. The minimum Gasteiger partial charge on any atom is -0.492 e. The van der Waals surface area contributed by atoms with Crippen LogP contribution in [0.1, 0.15) is 37.3 Å². The lowest BCUT2D eigenvalue weighted by atomic mass is 9.79. The van der Waals surface area contributed by atoms with Crippen molar-refractivity contribution in [3.63, 3.8) is 0 Å². The lowest BCUT2D eigenvalue weighted by Crippen LogP contribution is -2.46. The predicted molar refractivity (Wildman–Crippen MR) is 129 cm³/mol. The number of carboxylic acids is 1. The molecule has 10 nitrogen and oxygen atoms in total. The van der Waals surface area contributed by atoms with Gasteiger partial charge < -0.3 is 19.5 Å². The summed E-state index contributed by atoms with van der Waals surface area (Å²) >= 11 is 0. The van der Waals surface area contributed by atoms with Crippen molar-refractivity contribution in [1.82, 2.24) is 29.4 Å². The van der Waals surface area contributed by atoms with Crippen LogP contribution in [0.2, 0.25) is 0 Å². The molecule has 0 unspecified atom stereocenters. The molecule has 1 fully saturated rings. The Hall–Kier alpha value is -3.24. The van der Waals surface area contributed by atoms with Gasteiger partial charge >= 0.3 is 0 Å². The van der Waals surface area contributed by atoms with Crippen molar-refractivity contribution in [1.29, 1.82) is 0 Å². The van der Waals surface area contributed by atoms with Gasteiger partial charge in [0.25, 0.3) is 5.97 Å². The number of piperidine rings is 1. The van der Waals surface area contributed by atoms with E-state index in [1.165, 1.54) is 11.1 Å². The van der Waals surface area contributed by atoms with E-state index >= 15 is 0 Å². The number of hydrogen-bond acceptors (Lipinski definition) is 7. The fourth-order valence-electron chi connectivity index (χ4n) is 4.79. The molecule has 188 valence electrons. The summed E-state index contributed by atoms with van der Waals surface area (Å²) in [5.41, 5.74) is 2.60. The Labute approximate surface area is 205 Å². The van der Waals surface area contributed by atoms with Crippen molar-refractivity contribution in [3.05, 3.63) is 60.4 Å². The third kappa shape index (κ3) is 6.89. The second-order valence-corrected chi connectivity index (χ2v) is 8.90. The van der Waals surface area contributed by atoms with Gasteiger partial charge in [-0.2, -0.15) is 10.2 Å². The number of carbonyl (C=O) groups is 1. The van der Waals surface area contributed by atoms with Gasteiger partial charge in [0.1, 0.15) is 25.0 Å². The fraction of sp³-hybridized carbons (Fsp3) is 0.520. The largest absolute Gasteiger partial charge is 0.492 e. The molecule has 2 aliphatic heterocycles. The summed E-state index contributed by atoms with van der Waals surface area (Å²) in [6, 6.07) is 8.51. The standard InChI is InChI=1S/C23H30N6O2.C2H4O2/c1-8-25-28(10-1)11-2-9-27-12-6-23(7-13-27)22-4-3-21(17-20(22)5-15-31-23)30-16-14-29-19-24-18-26-29;1-2(3)4/h1,3-4,8,10,17-19H,2,5-7,9,11-16H2;1H3,(H,3,4). The normalized spacial score (nSPS) is 16.8. The third-order valence-corrected chi connectivity index (χ3v) is 6.46. The molecular weight excluding hydrogens is 448 g/mol. The molecular formula is C25H34N6O4. The van der Waals surface area contributed by atoms with Gasteiger partial charge in [0.2, 0.25) is 0 Å². The van der Waals surface area contributed by atoms with Gasteiger partial charge in [-0.05, 0) is 61.6 Å². The van der Waals surface area contributed by atoms with Gasteiger partial charge in [-0.15, -0.1) is 0 Å². The van der Waals surface area contributed by atoms with Gasteiger partial charge in [0.15, 0.2) is 0 Å². The van der Waals surface area contributed by atoms with E-state index in [9.17, 15) is 0 Å². The van der Waals surface area contributed by atoms with E-state index in [0.29, 0.717) is 13.2 Å². The SMILES string of the molecule is CC(=O)O.c1cnn(CCCN2CCC3(CC2)OCCc2cc(OCCn4cncn4)ccc23)c1. The smallest absolute Gasteiger partial charge is 0.300 e. The van der Waals surface area contributed by atoms with Crippen molar-refractivity contribution in [2.75, 3.05) is 32.8 Å². The first-order valence-corrected chi connectivity index (χ1v) is 12.2. The van der Waals surface area contributed by atoms with Gasteiger partial charge in [-0.3, -0.25) is 9.48 Å². The highest BCUT2D eigenvalue weighted by Gasteiger charge is 2.40. The number of aromatic nitrogens is 5. The number of benzene rings is 1. The summed E-state index contributed by atoms with van der Waals surface area (Å²) < 4.78 is 16.2. The van der Waals surface area contributed by atoms with Crippen LogP contribution in [0.5, 0.6) is 5.75 Å². The number of ether oxygens (including phenoxy) is 2. The number of nitrogens with zero attached hydrogens (tertiary/aromatic N) is 6. The van der Waals surface area contributed by atoms with Gasteiger partial charge in [-0.1, -0.05) is 6.07 Å².